The third-order valence-electron chi connectivity index (χ3n) is 6.60. The predicted molar refractivity (Wildman–Crippen MR) is 106 cm³/mol. The molecule has 3 aliphatic rings. The van der Waals surface area contributed by atoms with Gasteiger partial charge in [0.2, 0.25) is 5.91 Å². The molecular formula is C21H27FN4O3. The van der Waals surface area contributed by atoms with Gasteiger partial charge < -0.3 is 14.7 Å². The van der Waals surface area contributed by atoms with E-state index < -0.39 is 5.54 Å². The van der Waals surface area contributed by atoms with Crippen LogP contribution >= 0.6 is 0 Å². The van der Waals surface area contributed by atoms with Crippen LogP contribution in [0.4, 0.5) is 14.9 Å². The van der Waals surface area contributed by atoms with Gasteiger partial charge >= 0.3 is 6.03 Å². The second-order valence-electron chi connectivity index (χ2n) is 8.17. The Bertz CT molecular complexity index is 799. The van der Waals surface area contributed by atoms with Crippen LogP contribution in [-0.4, -0.2) is 77.9 Å². The van der Waals surface area contributed by atoms with Gasteiger partial charge in [-0.15, -0.1) is 0 Å². The maximum atomic E-state index is 13.1. The molecule has 1 saturated carbocycles. The zero-order valence-corrected chi connectivity index (χ0v) is 16.8. The Morgan fingerprint density at radius 3 is 2.24 bits per heavy atom. The van der Waals surface area contributed by atoms with Gasteiger partial charge in [0.05, 0.1) is 0 Å². The Morgan fingerprint density at radius 2 is 1.62 bits per heavy atom. The molecular weight excluding hydrogens is 375 g/mol. The lowest BCUT2D eigenvalue weighted by molar-refractivity contribution is -0.140. The van der Waals surface area contributed by atoms with Crippen molar-refractivity contribution in [3.8, 4) is 0 Å². The van der Waals surface area contributed by atoms with E-state index >= 15 is 0 Å². The second-order valence-corrected chi connectivity index (χ2v) is 8.17. The van der Waals surface area contributed by atoms with Gasteiger partial charge in [0, 0.05) is 38.9 Å². The van der Waals surface area contributed by atoms with Gasteiger partial charge in [0.1, 0.15) is 17.9 Å². The highest BCUT2D eigenvalue weighted by molar-refractivity contribution is 6.09. The number of hydrogen-bond acceptors (Lipinski definition) is 4. The number of anilines is 1. The second kappa shape index (κ2) is 7.65. The zero-order valence-electron chi connectivity index (χ0n) is 16.8. The Labute approximate surface area is 170 Å². The normalized spacial score (nSPS) is 22.0. The molecule has 4 rings (SSSR count). The van der Waals surface area contributed by atoms with Crippen LogP contribution in [0.2, 0.25) is 0 Å². The minimum absolute atomic E-state index is 0.194. The van der Waals surface area contributed by atoms with E-state index in [1.165, 1.54) is 12.1 Å². The van der Waals surface area contributed by atoms with Crippen LogP contribution in [0.15, 0.2) is 24.3 Å². The van der Waals surface area contributed by atoms with Crippen molar-refractivity contribution in [1.82, 2.24) is 14.7 Å². The zero-order chi connectivity index (χ0) is 20.6. The van der Waals surface area contributed by atoms with E-state index in [0.717, 1.165) is 29.8 Å². The minimum Gasteiger partial charge on any atom is -0.368 e. The lowest BCUT2D eigenvalue weighted by Gasteiger charge is -2.36. The Balaban J connectivity index is 1.37. The first-order valence-corrected chi connectivity index (χ1v) is 10.3. The number of amides is 4. The highest BCUT2D eigenvalue weighted by atomic mass is 19.1. The molecule has 1 spiro atoms. The van der Waals surface area contributed by atoms with Crippen LogP contribution in [0.25, 0.3) is 0 Å². The van der Waals surface area contributed by atoms with Crippen LogP contribution < -0.4 is 4.90 Å². The molecule has 29 heavy (non-hydrogen) atoms. The van der Waals surface area contributed by atoms with E-state index in [0.29, 0.717) is 39.0 Å². The summed E-state index contributed by atoms with van der Waals surface area (Å²) in [6.45, 7) is 2.08. The molecule has 0 unspecified atom stereocenters. The fraction of sp³-hybridized carbons (Fsp3) is 0.571. The van der Waals surface area contributed by atoms with Gasteiger partial charge in [-0.2, -0.15) is 0 Å². The molecule has 4 amide bonds. The van der Waals surface area contributed by atoms with Crippen LogP contribution in [0.5, 0.6) is 0 Å². The van der Waals surface area contributed by atoms with Crippen molar-refractivity contribution in [1.29, 1.82) is 0 Å². The molecule has 8 heteroatoms. The van der Waals surface area contributed by atoms with Crippen molar-refractivity contribution in [2.24, 2.45) is 0 Å². The summed E-state index contributed by atoms with van der Waals surface area (Å²) < 4.78 is 13.1. The third kappa shape index (κ3) is 3.45. The molecule has 0 radical (unpaired) electrons. The van der Waals surface area contributed by atoms with Crippen LogP contribution in [0, 0.1) is 5.82 Å². The molecule has 1 aliphatic carbocycles. The van der Waals surface area contributed by atoms with Gasteiger partial charge in [-0.1, -0.05) is 19.3 Å². The summed E-state index contributed by atoms with van der Waals surface area (Å²) in [5, 5.41) is 0. The molecule has 2 saturated heterocycles. The summed E-state index contributed by atoms with van der Waals surface area (Å²) in [5.41, 5.74) is 0.168. The first-order valence-electron chi connectivity index (χ1n) is 10.3. The van der Waals surface area contributed by atoms with Crippen LogP contribution in [-0.2, 0) is 9.59 Å². The van der Waals surface area contributed by atoms with Gasteiger partial charge in [-0.05, 0) is 37.1 Å². The first kappa shape index (κ1) is 19.7. The van der Waals surface area contributed by atoms with Crippen molar-refractivity contribution in [2.45, 2.75) is 37.6 Å². The van der Waals surface area contributed by atoms with Crippen molar-refractivity contribution in [3.63, 3.8) is 0 Å². The number of benzene rings is 1. The van der Waals surface area contributed by atoms with E-state index in [-0.39, 0.29) is 30.2 Å². The fourth-order valence-electron chi connectivity index (χ4n) is 4.77. The Morgan fingerprint density at radius 1 is 1.00 bits per heavy atom. The van der Waals surface area contributed by atoms with Crippen molar-refractivity contribution < 1.29 is 18.8 Å². The largest absolute Gasteiger partial charge is 0.368 e. The summed E-state index contributed by atoms with van der Waals surface area (Å²) >= 11 is 0. The molecule has 0 atom stereocenters. The number of carbonyl (C=O) groups excluding carboxylic acids is 3. The molecule has 7 nitrogen and oxygen atoms in total. The Hall–Kier alpha value is -2.64. The van der Waals surface area contributed by atoms with Crippen molar-refractivity contribution in [3.05, 3.63) is 30.1 Å². The van der Waals surface area contributed by atoms with E-state index in [4.69, 9.17) is 0 Å². The quantitative estimate of drug-likeness (QED) is 0.726. The van der Waals surface area contributed by atoms with E-state index in [1.54, 1.807) is 29.0 Å². The fourth-order valence-corrected chi connectivity index (χ4v) is 4.77. The number of urea groups is 1. The Kier molecular flexibility index (Phi) is 5.19. The van der Waals surface area contributed by atoms with Crippen LogP contribution in [0.3, 0.4) is 0 Å². The van der Waals surface area contributed by atoms with Gasteiger partial charge in [-0.25, -0.2) is 9.18 Å². The molecule has 0 aromatic heterocycles. The van der Waals surface area contributed by atoms with E-state index in [1.807, 2.05) is 0 Å². The predicted octanol–water partition coefficient (Wildman–Crippen LogP) is 2.07. The number of rotatable bonds is 3. The summed E-state index contributed by atoms with van der Waals surface area (Å²) in [6.07, 6.45) is 4.28. The van der Waals surface area contributed by atoms with Gasteiger partial charge in [-0.3, -0.25) is 14.5 Å². The summed E-state index contributed by atoms with van der Waals surface area (Å²) in [4.78, 5) is 45.0. The highest BCUT2D eigenvalue weighted by Gasteiger charge is 2.56. The average Bonchev–Trinajstić information content (AvgIpc) is 2.91. The molecule has 1 aromatic rings. The number of likely N-dealkylation sites (N-methyl/N-ethyl adjacent to an activating group) is 1. The molecule has 1 aromatic carbocycles. The summed E-state index contributed by atoms with van der Waals surface area (Å²) in [5.74, 6) is -0.696. The number of halogens is 1. The monoisotopic (exact) mass is 402 g/mol. The summed E-state index contributed by atoms with van der Waals surface area (Å²) in [7, 11) is 1.68. The number of carbonyl (C=O) groups is 3. The lowest BCUT2D eigenvalue weighted by Crippen LogP contribution is -2.52. The smallest absolute Gasteiger partial charge is 0.327 e. The average molecular weight is 402 g/mol. The lowest BCUT2D eigenvalue weighted by atomic mass is 9.81. The van der Waals surface area contributed by atoms with E-state index in [9.17, 15) is 18.8 Å². The third-order valence-corrected chi connectivity index (χ3v) is 6.60. The van der Waals surface area contributed by atoms with Crippen LogP contribution in [0.1, 0.15) is 32.1 Å². The molecule has 156 valence electrons. The summed E-state index contributed by atoms with van der Waals surface area (Å²) in [6, 6.07) is 5.95. The molecule has 0 N–H and O–H groups in total. The minimum atomic E-state index is -0.753. The first-order chi connectivity index (χ1) is 13.9. The molecule has 2 aliphatic heterocycles. The standard InChI is InChI=1S/C21H27FN4O3/c1-23-20(29)26(19(28)21(23)9-3-2-4-10-21)15-18(27)25-13-11-24(12-14-25)17-7-5-16(22)6-8-17/h5-8H,2-4,9-15H2,1H3. The number of piperazine rings is 1. The number of imide groups is 1. The van der Waals surface area contributed by atoms with Crippen molar-refractivity contribution in [2.75, 3.05) is 44.7 Å². The SMILES string of the molecule is CN1C(=O)N(CC(=O)N2CCN(c3ccc(F)cc3)CC2)C(=O)C12CCCCC2. The van der Waals surface area contributed by atoms with E-state index in [2.05, 4.69) is 4.90 Å². The maximum absolute atomic E-state index is 13.1. The molecule has 0 bridgehead atoms. The van der Waals surface area contributed by atoms with Gasteiger partial charge in [0.25, 0.3) is 5.91 Å². The number of hydrogen-bond donors (Lipinski definition) is 0. The van der Waals surface area contributed by atoms with Gasteiger partial charge in [0.15, 0.2) is 0 Å². The maximum Gasteiger partial charge on any atom is 0.327 e. The topological polar surface area (TPSA) is 64.2 Å². The molecule has 3 fully saturated rings. The number of nitrogens with zero attached hydrogens (tertiary/aromatic N) is 4. The molecule has 2 heterocycles. The van der Waals surface area contributed by atoms with Crippen molar-refractivity contribution >= 4 is 23.5 Å². The highest BCUT2D eigenvalue weighted by Crippen LogP contribution is 2.39.